The summed E-state index contributed by atoms with van der Waals surface area (Å²) in [5.74, 6) is 0.594. The molecular formula is C15H22ClFN2. The van der Waals surface area contributed by atoms with Gasteiger partial charge in [0.1, 0.15) is 5.82 Å². The quantitative estimate of drug-likeness (QED) is 0.892. The van der Waals surface area contributed by atoms with Gasteiger partial charge in [0.05, 0.1) is 0 Å². The van der Waals surface area contributed by atoms with Crippen LogP contribution in [0.2, 0.25) is 5.02 Å². The van der Waals surface area contributed by atoms with Crippen molar-refractivity contribution in [2.24, 2.45) is 5.92 Å². The molecule has 0 amide bonds. The molecule has 4 heteroatoms. The predicted molar refractivity (Wildman–Crippen MR) is 78.0 cm³/mol. The zero-order valence-corrected chi connectivity index (χ0v) is 12.2. The summed E-state index contributed by atoms with van der Waals surface area (Å²) >= 11 is 5.91. The summed E-state index contributed by atoms with van der Waals surface area (Å²) in [6.45, 7) is 3.89. The Morgan fingerprint density at radius 2 is 2.32 bits per heavy atom. The first-order valence-corrected chi connectivity index (χ1v) is 7.36. The van der Waals surface area contributed by atoms with Crippen LogP contribution in [0.1, 0.15) is 24.8 Å². The van der Waals surface area contributed by atoms with Crippen LogP contribution in [0.5, 0.6) is 0 Å². The van der Waals surface area contributed by atoms with Gasteiger partial charge in [0.2, 0.25) is 0 Å². The minimum Gasteiger partial charge on any atom is -0.316 e. The van der Waals surface area contributed by atoms with Gasteiger partial charge in [0.15, 0.2) is 0 Å². The fourth-order valence-corrected chi connectivity index (χ4v) is 2.80. The Bertz CT molecular complexity index is 405. The van der Waals surface area contributed by atoms with Gasteiger partial charge >= 0.3 is 0 Å². The molecule has 1 unspecified atom stereocenters. The van der Waals surface area contributed by atoms with E-state index in [0.29, 0.717) is 17.1 Å². The molecule has 1 aromatic carbocycles. The maximum absolute atomic E-state index is 13.6. The van der Waals surface area contributed by atoms with Gasteiger partial charge in [-0.25, -0.2) is 4.39 Å². The van der Waals surface area contributed by atoms with E-state index >= 15 is 0 Å². The van der Waals surface area contributed by atoms with Gasteiger partial charge in [-0.2, -0.15) is 0 Å². The van der Waals surface area contributed by atoms with Crippen molar-refractivity contribution in [1.29, 1.82) is 0 Å². The third-order valence-corrected chi connectivity index (χ3v) is 4.00. The van der Waals surface area contributed by atoms with Crippen LogP contribution >= 0.6 is 11.6 Å². The van der Waals surface area contributed by atoms with Crippen LogP contribution in [-0.4, -0.2) is 31.6 Å². The van der Waals surface area contributed by atoms with Crippen LogP contribution in [0.15, 0.2) is 18.2 Å². The molecule has 2 nitrogen and oxygen atoms in total. The Labute approximate surface area is 119 Å². The van der Waals surface area contributed by atoms with Crippen molar-refractivity contribution >= 4 is 11.6 Å². The second-order valence-corrected chi connectivity index (χ2v) is 5.91. The zero-order chi connectivity index (χ0) is 13.7. The summed E-state index contributed by atoms with van der Waals surface area (Å²) in [6, 6.07) is 4.75. The second kappa shape index (κ2) is 7.22. The van der Waals surface area contributed by atoms with Gasteiger partial charge in [-0.1, -0.05) is 11.6 Å². The van der Waals surface area contributed by atoms with E-state index in [9.17, 15) is 4.39 Å². The van der Waals surface area contributed by atoms with Crippen LogP contribution in [-0.2, 0) is 6.54 Å². The third-order valence-electron chi connectivity index (χ3n) is 3.77. The van der Waals surface area contributed by atoms with E-state index in [2.05, 4.69) is 10.2 Å². The lowest BCUT2D eigenvalue weighted by molar-refractivity contribution is 0.266. The van der Waals surface area contributed by atoms with E-state index < -0.39 is 0 Å². The van der Waals surface area contributed by atoms with Gasteiger partial charge in [0.25, 0.3) is 0 Å². The second-order valence-electron chi connectivity index (χ2n) is 5.47. The summed E-state index contributed by atoms with van der Waals surface area (Å²) in [7, 11) is 2.04. The Kier molecular flexibility index (Phi) is 5.61. The minimum absolute atomic E-state index is 0.171. The molecule has 1 aromatic rings. The van der Waals surface area contributed by atoms with E-state index in [-0.39, 0.29) is 5.82 Å². The van der Waals surface area contributed by atoms with Crippen LogP contribution in [0.3, 0.4) is 0 Å². The first kappa shape index (κ1) is 14.8. The lowest BCUT2D eigenvalue weighted by atomic mass is 9.96. The molecule has 1 saturated heterocycles. The number of nitrogens with one attached hydrogen (secondary N) is 1. The number of rotatable bonds is 5. The maximum Gasteiger partial charge on any atom is 0.127 e. The van der Waals surface area contributed by atoms with Crippen molar-refractivity contribution in [1.82, 2.24) is 10.2 Å². The Balaban J connectivity index is 1.80. The highest BCUT2D eigenvalue weighted by Gasteiger charge is 2.14. The highest BCUT2D eigenvalue weighted by molar-refractivity contribution is 6.30. The molecule has 1 heterocycles. The van der Waals surface area contributed by atoms with E-state index in [1.807, 2.05) is 7.05 Å². The fourth-order valence-electron chi connectivity index (χ4n) is 2.61. The van der Waals surface area contributed by atoms with Crippen LogP contribution in [0.4, 0.5) is 4.39 Å². The highest BCUT2D eigenvalue weighted by atomic mass is 35.5. The zero-order valence-electron chi connectivity index (χ0n) is 11.5. The minimum atomic E-state index is -0.171. The largest absolute Gasteiger partial charge is 0.316 e. The van der Waals surface area contributed by atoms with E-state index in [0.717, 1.165) is 25.6 Å². The van der Waals surface area contributed by atoms with Gasteiger partial charge in [0, 0.05) is 17.1 Å². The third kappa shape index (κ3) is 4.75. The number of nitrogens with zero attached hydrogens (tertiary/aromatic N) is 1. The highest BCUT2D eigenvalue weighted by Crippen LogP contribution is 2.18. The topological polar surface area (TPSA) is 15.3 Å². The molecule has 0 spiro atoms. The summed E-state index contributed by atoms with van der Waals surface area (Å²) in [4.78, 5) is 2.17. The van der Waals surface area contributed by atoms with Gasteiger partial charge in [-0.3, -0.25) is 0 Å². The van der Waals surface area contributed by atoms with Crippen molar-refractivity contribution < 1.29 is 4.39 Å². The molecule has 0 aliphatic carbocycles. The first-order chi connectivity index (χ1) is 9.15. The van der Waals surface area contributed by atoms with E-state index in [1.54, 1.807) is 12.1 Å². The molecule has 1 aliphatic rings. The normalized spacial score (nSPS) is 19.9. The van der Waals surface area contributed by atoms with E-state index in [4.69, 9.17) is 11.6 Å². The Hall–Kier alpha value is -0.640. The summed E-state index contributed by atoms with van der Waals surface area (Å²) in [6.07, 6.45) is 3.76. The number of hydrogen-bond acceptors (Lipinski definition) is 2. The predicted octanol–water partition coefficient (Wildman–Crippen LogP) is 3.30. The number of halogens is 2. The molecule has 2 rings (SSSR count). The van der Waals surface area contributed by atoms with Crippen molar-refractivity contribution in [3.8, 4) is 0 Å². The number of hydrogen-bond donors (Lipinski definition) is 1. The summed E-state index contributed by atoms with van der Waals surface area (Å²) < 4.78 is 13.6. The maximum atomic E-state index is 13.6. The number of piperidine rings is 1. The molecule has 1 fully saturated rings. The molecule has 0 radical (unpaired) electrons. The molecule has 106 valence electrons. The molecule has 1 N–H and O–H groups in total. The molecular weight excluding hydrogens is 263 g/mol. The summed E-state index contributed by atoms with van der Waals surface area (Å²) in [5.41, 5.74) is 0.678. The Morgan fingerprint density at radius 1 is 1.47 bits per heavy atom. The number of benzene rings is 1. The van der Waals surface area contributed by atoms with Crippen molar-refractivity contribution in [2.75, 3.05) is 26.7 Å². The van der Waals surface area contributed by atoms with Crippen molar-refractivity contribution in [3.63, 3.8) is 0 Å². The molecule has 0 bridgehead atoms. The van der Waals surface area contributed by atoms with Gasteiger partial charge in [-0.05, 0) is 70.1 Å². The molecule has 1 aliphatic heterocycles. The molecule has 19 heavy (non-hydrogen) atoms. The fraction of sp³-hybridized carbons (Fsp3) is 0.600. The lowest BCUT2D eigenvalue weighted by Crippen LogP contribution is -2.32. The monoisotopic (exact) mass is 284 g/mol. The van der Waals surface area contributed by atoms with Gasteiger partial charge in [-0.15, -0.1) is 0 Å². The van der Waals surface area contributed by atoms with Gasteiger partial charge < -0.3 is 10.2 Å². The average Bonchev–Trinajstić information content (AvgIpc) is 2.42. The molecule has 0 aromatic heterocycles. The van der Waals surface area contributed by atoms with Crippen LogP contribution < -0.4 is 5.32 Å². The SMILES string of the molecule is CN(CCC1CCCNC1)Cc1cc(Cl)ccc1F. The van der Waals surface area contributed by atoms with Crippen LogP contribution in [0.25, 0.3) is 0 Å². The van der Waals surface area contributed by atoms with Crippen LogP contribution in [0, 0.1) is 11.7 Å². The van der Waals surface area contributed by atoms with Crippen molar-refractivity contribution in [3.05, 3.63) is 34.6 Å². The molecule has 1 atom stereocenters. The van der Waals surface area contributed by atoms with Crippen molar-refractivity contribution in [2.45, 2.75) is 25.8 Å². The lowest BCUT2D eigenvalue weighted by Gasteiger charge is -2.25. The first-order valence-electron chi connectivity index (χ1n) is 6.98. The Morgan fingerprint density at radius 3 is 3.05 bits per heavy atom. The van der Waals surface area contributed by atoms with E-state index in [1.165, 1.54) is 25.3 Å². The average molecular weight is 285 g/mol. The molecule has 0 saturated carbocycles. The smallest absolute Gasteiger partial charge is 0.127 e. The standard InChI is InChI=1S/C15H22ClFN2/c1-19(8-6-12-3-2-7-18-10-12)11-13-9-14(16)4-5-15(13)17/h4-5,9,12,18H,2-3,6-8,10-11H2,1H3. The summed E-state index contributed by atoms with van der Waals surface area (Å²) in [5, 5.41) is 4.03.